The summed E-state index contributed by atoms with van der Waals surface area (Å²) in [6.45, 7) is 6.27. The molecule has 0 bridgehead atoms. The summed E-state index contributed by atoms with van der Waals surface area (Å²) in [5.74, 6) is -0.213. The molecule has 1 aromatic rings. The number of nitrogens with zero attached hydrogens (tertiary/aromatic N) is 2. The van der Waals surface area contributed by atoms with Gasteiger partial charge in [-0.1, -0.05) is 30.7 Å². The van der Waals surface area contributed by atoms with Crippen LogP contribution in [0.3, 0.4) is 0 Å². The Bertz CT molecular complexity index is 760. The molecule has 0 spiro atoms. The number of rotatable bonds is 7. The Labute approximate surface area is 169 Å². The monoisotopic (exact) mass is 407 g/mol. The summed E-state index contributed by atoms with van der Waals surface area (Å²) in [5, 5.41) is 3.02. The van der Waals surface area contributed by atoms with Crippen LogP contribution in [0.1, 0.15) is 50.2 Å². The van der Waals surface area contributed by atoms with E-state index < -0.39 is 10.0 Å². The van der Waals surface area contributed by atoms with Crippen LogP contribution in [-0.4, -0.2) is 55.5 Å². The minimum Gasteiger partial charge on any atom is -0.352 e. The Morgan fingerprint density at radius 1 is 1.11 bits per heavy atom. The lowest BCUT2D eigenvalue weighted by atomic mass is 9.98. The van der Waals surface area contributed by atoms with E-state index in [0.29, 0.717) is 19.6 Å². The summed E-state index contributed by atoms with van der Waals surface area (Å²) in [4.78, 5) is 15.1. The number of hydrogen-bond acceptors (Lipinski definition) is 4. The van der Waals surface area contributed by atoms with E-state index in [4.69, 9.17) is 0 Å². The third-order valence-corrected chi connectivity index (χ3v) is 7.67. The zero-order valence-corrected chi connectivity index (χ0v) is 17.7. The fourth-order valence-corrected chi connectivity index (χ4v) is 5.32. The Morgan fingerprint density at radius 3 is 2.61 bits per heavy atom. The second-order valence-corrected chi connectivity index (χ2v) is 10.2. The van der Waals surface area contributed by atoms with Gasteiger partial charge in [0.15, 0.2) is 0 Å². The molecule has 2 heterocycles. The number of carbonyl (C=O) groups excluding carboxylic acids is 1. The van der Waals surface area contributed by atoms with Crippen LogP contribution < -0.4 is 5.32 Å². The lowest BCUT2D eigenvalue weighted by Gasteiger charge is -2.31. The van der Waals surface area contributed by atoms with Crippen LogP contribution in [0.4, 0.5) is 0 Å². The van der Waals surface area contributed by atoms with Gasteiger partial charge in [0.25, 0.3) is 0 Å². The molecule has 1 aromatic carbocycles. The molecule has 3 rings (SSSR count). The van der Waals surface area contributed by atoms with E-state index in [1.807, 2.05) is 6.07 Å². The zero-order valence-electron chi connectivity index (χ0n) is 16.9. The highest BCUT2D eigenvalue weighted by atomic mass is 32.2. The zero-order chi connectivity index (χ0) is 20.0. The minimum absolute atomic E-state index is 0.0440. The van der Waals surface area contributed by atoms with Crippen LogP contribution in [0.5, 0.6) is 0 Å². The van der Waals surface area contributed by atoms with Crippen LogP contribution >= 0.6 is 0 Å². The standard InChI is InChI=1S/C21H33N3O3S/c1-2-28(26,27)24-13-7-10-20(17-24)21(25)22-15-18-8-6-9-19(14-18)16-23-11-4-3-5-12-23/h6,8-9,14,20H,2-5,7,10-13,15-17H2,1H3,(H,22,25)/t20-/m0/s1. The topological polar surface area (TPSA) is 69.7 Å². The summed E-state index contributed by atoms with van der Waals surface area (Å²) < 4.78 is 25.7. The summed E-state index contributed by atoms with van der Waals surface area (Å²) in [6.07, 6.45) is 5.38. The molecule has 2 aliphatic rings. The van der Waals surface area contributed by atoms with Crippen molar-refractivity contribution in [2.45, 2.75) is 52.1 Å². The van der Waals surface area contributed by atoms with Crippen LogP contribution in [0.25, 0.3) is 0 Å². The van der Waals surface area contributed by atoms with Gasteiger partial charge in [-0.25, -0.2) is 12.7 Å². The Morgan fingerprint density at radius 2 is 1.86 bits per heavy atom. The molecule has 156 valence electrons. The van der Waals surface area contributed by atoms with Gasteiger partial charge in [-0.2, -0.15) is 0 Å². The number of carbonyl (C=O) groups is 1. The molecule has 0 radical (unpaired) electrons. The minimum atomic E-state index is -3.23. The fraction of sp³-hybridized carbons (Fsp3) is 0.667. The maximum absolute atomic E-state index is 12.6. The molecular weight excluding hydrogens is 374 g/mol. The Balaban J connectivity index is 1.52. The van der Waals surface area contributed by atoms with Gasteiger partial charge in [0, 0.05) is 26.2 Å². The molecule has 0 unspecified atom stereocenters. The van der Waals surface area contributed by atoms with Crippen molar-refractivity contribution in [3.05, 3.63) is 35.4 Å². The largest absolute Gasteiger partial charge is 0.352 e. The Kier molecular flexibility index (Phi) is 7.48. The van der Waals surface area contributed by atoms with Crippen molar-refractivity contribution >= 4 is 15.9 Å². The smallest absolute Gasteiger partial charge is 0.224 e. The second kappa shape index (κ2) is 9.85. The average Bonchev–Trinajstić information content (AvgIpc) is 2.73. The summed E-state index contributed by atoms with van der Waals surface area (Å²) in [5.41, 5.74) is 2.38. The normalized spacial score (nSPS) is 22.1. The lowest BCUT2D eigenvalue weighted by molar-refractivity contribution is -0.126. The van der Waals surface area contributed by atoms with E-state index in [1.54, 1.807) is 6.92 Å². The van der Waals surface area contributed by atoms with Gasteiger partial charge in [-0.3, -0.25) is 9.69 Å². The highest BCUT2D eigenvalue weighted by Crippen LogP contribution is 2.20. The average molecular weight is 408 g/mol. The lowest BCUT2D eigenvalue weighted by Crippen LogP contribution is -2.45. The number of amides is 1. The molecule has 1 amide bonds. The summed E-state index contributed by atoms with van der Waals surface area (Å²) in [7, 11) is -3.23. The van der Waals surface area contributed by atoms with E-state index >= 15 is 0 Å². The third-order valence-electron chi connectivity index (χ3n) is 5.83. The fourth-order valence-electron chi connectivity index (χ4n) is 4.14. The molecule has 28 heavy (non-hydrogen) atoms. The van der Waals surface area contributed by atoms with Crippen molar-refractivity contribution < 1.29 is 13.2 Å². The summed E-state index contributed by atoms with van der Waals surface area (Å²) >= 11 is 0. The number of benzene rings is 1. The van der Waals surface area contributed by atoms with Crippen LogP contribution in [0.2, 0.25) is 0 Å². The first-order chi connectivity index (χ1) is 13.5. The Hall–Kier alpha value is -1.44. The van der Waals surface area contributed by atoms with E-state index in [2.05, 4.69) is 28.4 Å². The van der Waals surface area contributed by atoms with Gasteiger partial charge in [0.2, 0.25) is 15.9 Å². The highest BCUT2D eigenvalue weighted by molar-refractivity contribution is 7.89. The maximum Gasteiger partial charge on any atom is 0.224 e. The van der Waals surface area contributed by atoms with Gasteiger partial charge in [-0.15, -0.1) is 0 Å². The van der Waals surface area contributed by atoms with Crippen molar-refractivity contribution in [3.63, 3.8) is 0 Å². The van der Waals surface area contributed by atoms with Gasteiger partial charge in [0.05, 0.1) is 11.7 Å². The number of piperidine rings is 2. The molecule has 7 heteroatoms. The molecule has 0 saturated carbocycles. The molecule has 2 saturated heterocycles. The van der Waals surface area contributed by atoms with E-state index in [0.717, 1.165) is 24.9 Å². The molecule has 1 N–H and O–H groups in total. The first kappa shape index (κ1) is 21.3. The number of sulfonamides is 1. The van der Waals surface area contributed by atoms with Crippen LogP contribution in [0, 0.1) is 5.92 Å². The van der Waals surface area contributed by atoms with Gasteiger partial charge >= 0.3 is 0 Å². The molecular formula is C21H33N3O3S. The predicted octanol–water partition coefficient (Wildman–Crippen LogP) is 2.35. The van der Waals surface area contributed by atoms with E-state index in [9.17, 15) is 13.2 Å². The number of nitrogens with one attached hydrogen (secondary N) is 1. The van der Waals surface area contributed by atoms with E-state index in [1.165, 1.54) is 42.2 Å². The number of hydrogen-bond donors (Lipinski definition) is 1. The quantitative estimate of drug-likeness (QED) is 0.753. The van der Waals surface area contributed by atoms with Gasteiger partial charge in [0.1, 0.15) is 0 Å². The van der Waals surface area contributed by atoms with Gasteiger partial charge in [-0.05, 0) is 56.8 Å². The van der Waals surface area contributed by atoms with Crippen LogP contribution in [0.15, 0.2) is 24.3 Å². The SMILES string of the molecule is CCS(=O)(=O)N1CCC[C@H](C(=O)NCc2cccc(CN3CCCCC3)c2)C1. The van der Waals surface area contributed by atoms with E-state index in [-0.39, 0.29) is 17.6 Å². The van der Waals surface area contributed by atoms with Crippen molar-refractivity contribution in [2.24, 2.45) is 5.92 Å². The number of likely N-dealkylation sites (tertiary alicyclic amines) is 1. The molecule has 0 aliphatic carbocycles. The van der Waals surface area contributed by atoms with Crippen molar-refractivity contribution in [1.29, 1.82) is 0 Å². The molecule has 0 aromatic heterocycles. The third kappa shape index (κ3) is 5.78. The molecule has 6 nitrogen and oxygen atoms in total. The molecule has 1 atom stereocenters. The van der Waals surface area contributed by atoms with Crippen molar-refractivity contribution in [3.8, 4) is 0 Å². The molecule has 2 aliphatic heterocycles. The first-order valence-electron chi connectivity index (χ1n) is 10.5. The predicted molar refractivity (Wildman–Crippen MR) is 111 cm³/mol. The second-order valence-electron chi connectivity index (χ2n) is 7.97. The highest BCUT2D eigenvalue weighted by Gasteiger charge is 2.31. The van der Waals surface area contributed by atoms with Crippen molar-refractivity contribution in [1.82, 2.24) is 14.5 Å². The summed E-state index contributed by atoms with van der Waals surface area (Å²) in [6, 6.07) is 8.41. The van der Waals surface area contributed by atoms with Crippen molar-refractivity contribution in [2.75, 3.05) is 31.9 Å². The maximum atomic E-state index is 12.6. The van der Waals surface area contributed by atoms with Gasteiger partial charge < -0.3 is 5.32 Å². The first-order valence-corrected chi connectivity index (χ1v) is 12.1. The van der Waals surface area contributed by atoms with Crippen LogP contribution in [-0.2, 0) is 27.9 Å². The molecule has 2 fully saturated rings.